The van der Waals surface area contributed by atoms with Gasteiger partial charge in [-0.05, 0) is 24.3 Å². The van der Waals surface area contributed by atoms with Gasteiger partial charge in [0, 0.05) is 18.0 Å². The lowest BCUT2D eigenvalue weighted by Gasteiger charge is -2.13. The van der Waals surface area contributed by atoms with Crippen LogP contribution in [-0.4, -0.2) is 16.0 Å². The van der Waals surface area contributed by atoms with Crippen molar-refractivity contribution in [2.24, 2.45) is 4.99 Å². The molecule has 0 spiro atoms. The smallest absolute Gasteiger partial charge is 0.290 e. The molecule has 0 amide bonds. The van der Waals surface area contributed by atoms with E-state index in [1.54, 1.807) is 0 Å². The van der Waals surface area contributed by atoms with E-state index in [2.05, 4.69) is 9.98 Å². The fourth-order valence-corrected chi connectivity index (χ4v) is 1.86. The van der Waals surface area contributed by atoms with Crippen LogP contribution in [-0.2, 0) is 12.4 Å². The van der Waals surface area contributed by atoms with Gasteiger partial charge in [0.1, 0.15) is 0 Å². The molecule has 0 aliphatic rings. The number of pyridine rings is 1. The van der Waals surface area contributed by atoms with E-state index in [9.17, 15) is 26.3 Å². The number of hydrogen-bond donors (Lipinski definition) is 2. The molecule has 1 heterocycles. The minimum Gasteiger partial charge on any atom is -0.290 e. The fraction of sp³-hybridized carbons (Fsp3) is 0.143. The van der Waals surface area contributed by atoms with Crippen LogP contribution in [0, 0.1) is 0 Å². The molecule has 1 aromatic carbocycles. The van der Waals surface area contributed by atoms with Gasteiger partial charge in [-0.3, -0.25) is 15.7 Å². The van der Waals surface area contributed by atoms with Gasteiger partial charge < -0.3 is 0 Å². The van der Waals surface area contributed by atoms with Gasteiger partial charge in [-0.1, -0.05) is 6.07 Å². The molecule has 0 bridgehead atoms. The quantitative estimate of drug-likeness (QED) is 0.370. The van der Waals surface area contributed by atoms with E-state index < -0.39 is 34.9 Å². The molecule has 128 valence electrons. The molecule has 0 radical (unpaired) electrons. The lowest BCUT2D eigenvalue weighted by atomic mass is 10.1. The number of benzene rings is 1. The zero-order chi connectivity index (χ0) is 18.0. The summed E-state index contributed by atoms with van der Waals surface area (Å²) in [4.78, 5) is 7.13. The van der Waals surface area contributed by atoms with E-state index in [0.717, 1.165) is 30.6 Å². The molecule has 0 fully saturated rings. The first-order chi connectivity index (χ1) is 11.1. The van der Waals surface area contributed by atoms with Crippen LogP contribution >= 0.6 is 0 Å². The van der Waals surface area contributed by atoms with Crippen molar-refractivity contribution in [3.8, 4) is 0 Å². The van der Waals surface area contributed by atoms with Crippen LogP contribution in [0.2, 0.25) is 0 Å². The van der Waals surface area contributed by atoms with Crippen LogP contribution in [0.1, 0.15) is 16.7 Å². The highest BCUT2D eigenvalue weighted by molar-refractivity contribution is 6.00. The number of aromatic nitrogens is 1. The summed E-state index contributed by atoms with van der Waals surface area (Å²) in [6, 6.07) is 4.28. The van der Waals surface area contributed by atoms with E-state index in [0.29, 0.717) is 12.1 Å². The largest absolute Gasteiger partial charge is 0.417 e. The SMILES string of the molecule is ONC(=Nc1cccc(C(F)(F)F)c1)c1cnccc1C(F)(F)F. The highest BCUT2D eigenvalue weighted by atomic mass is 19.4. The first kappa shape index (κ1) is 17.7. The zero-order valence-corrected chi connectivity index (χ0v) is 11.7. The van der Waals surface area contributed by atoms with Crippen LogP contribution in [0.5, 0.6) is 0 Å². The molecule has 24 heavy (non-hydrogen) atoms. The minimum absolute atomic E-state index is 0.293. The summed E-state index contributed by atoms with van der Waals surface area (Å²) in [5.74, 6) is -0.685. The Balaban J connectivity index is 2.53. The zero-order valence-electron chi connectivity index (χ0n) is 11.7. The Morgan fingerprint density at radius 1 is 1.04 bits per heavy atom. The standard InChI is InChI=1S/C14H9F6N3O/c15-13(16,17)8-2-1-3-9(6-8)22-12(23-24)10-7-21-5-4-11(10)14(18,19)20/h1-7,24H,(H,22,23). The lowest BCUT2D eigenvalue weighted by molar-refractivity contribution is -0.138. The topological polar surface area (TPSA) is 57.5 Å². The Kier molecular flexibility index (Phi) is 4.78. The van der Waals surface area contributed by atoms with Crippen molar-refractivity contribution in [2.45, 2.75) is 12.4 Å². The van der Waals surface area contributed by atoms with Gasteiger partial charge in [0.25, 0.3) is 0 Å². The Morgan fingerprint density at radius 2 is 1.75 bits per heavy atom. The van der Waals surface area contributed by atoms with Crippen LogP contribution in [0.3, 0.4) is 0 Å². The van der Waals surface area contributed by atoms with E-state index in [1.165, 1.54) is 5.48 Å². The highest BCUT2D eigenvalue weighted by Crippen LogP contribution is 2.33. The van der Waals surface area contributed by atoms with E-state index in [4.69, 9.17) is 5.21 Å². The minimum atomic E-state index is -4.76. The number of rotatable bonds is 2. The third-order valence-electron chi connectivity index (χ3n) is 2.90. The Hall–Kier alpha value is -2.62. The van der Waals surface area contributed by atoms with Crippen molar-refractivity contribution in [2.75, 3.05) is 0 Å². The summed E-state index contributed by atoms with van der Waals surface area (Å²) in [5, 5.41) is 9.06. The maximum Gasteiger partial charge on any atom is 0.417 e. The monoisotopic (exact) mass is 349 g/mol. The average Bonchev–Trinajstić information content (AvgIpc) is 2.51. The number of hydroxylamine groups is 1. The van der Waals surface area contributed by atoms with Crippen molar-refractivity contribution in [3.05, 3.63) is 59.4 Å². The van der Waals surface area contributed by atoms with Gasteiger partial charge in [0.05, 0.1) is 16.8 Å². The maximum absolute atomic E-state index is 13.0. The summed E-state index contributed by atoms with van der Waals surface area (Å²) in [6.07, 6.45) is -7.71. The van der Waals surface area contributed by atoms with Gasteiger partial charge >= 0.3 is 12.4 Å². The van der Waals surface area contributed by atoms with Crippen molar-refractivity contribution in [1.82, 2.24) is 10.5 Å². The molecule has 0 aliphatic heterocycles. The molecule has 0 saturated carbocycles. The summed E-state index contributed by atoms with van der Waals surface area (Å²) >= 11 is 0. The summed E-state index contributed by atoms with van der Waals surface area (Å²) in [7, 11) is 0. The lowest BCUT2D eigenvalue weighted by Crippen LogP contribution is -2.24. The molecule has 0 atom stereocenters. The summed E-state index contributed by atoms with van der Waals surface area (Å²) in [5.41, 5.74) is -1.61. The van der Waals surface area contributed by atoms with Crippen LogP contribution in [0.25, 0.3) is 0 Å². The average molecular weight is 349 g/mol. The number of aliphatic imine (C=N–C) groups is 1. The van der Waals surface area contributed by atoms with Gasteiger partial charge in [-0.2, -0.15) is 26.3 Å². The molecular formula is C14H9F6N3O. The van der Waals surface area contributed by atoms with Crippen molar-refractivity contribution in [3.63, 3.8) is 0 Å². The number of halogens is 6. The van der Waals surface area contributed by atoms with Gasteiger partial charge in [-0.25, -0.2) is 4.99 Å². The predicted molar refractivity (Wildman–Crippen MR) is 71.8 cm³/mol. The summed E-state index contributed by atoms with van der Waals surface area (Å²) in [6.45, 7) is 0. The van der Waals surface area contributed by atoms with Crippen molar-refractivity contribution < 1.29 is 31.5 Å². The second-order valence-corrected chi connectivity index (χ2v) is 4.54. The van der Waals surface area contributed by atoms with Crippen LogP contribution < -0.4 is 5.48 Å². The summed E-state index contributed by atoms with van der Waals surface area (Å²) < 4.78 is 76.9. The van der Waals surface area contributed by atoms with E-state index in [-0.39, 0.29) is 5.69 Å². The molecule has 10 heteroatoms. The molecular weight excluding hydrogens is 340 g/mol. The number of alkyl halides is 6. The van der Waals surface area contributed by atoms with Gasteiger partial charge in [0.2, 0.25) is 0 Å². The molecule has 0 unspecified atom stereocenters. The second-order valence-electron chi connectivity index (χ2n) is 4.54. The third-order valence-corrected chi connectivity index (χ3v) is 2.90. The predicted octanol–water partition coefficient (Wildman–Crippen LogP) is 4.18. The molecule has 4 nitrogen and oxygen atoms in total. The van der Waals surface area contributed by atoms with E-state index >= 15 is 0 Å². The second kappa shape index (κ2) is 6.48. The van der Waals surface area contributed by atoms with Crippen LogP contribution in [0.15, 0.2) is 47.7 Å². The number of amidine groups is 1. The van der Waals surface area contributed by atoms with Gasteiger partial charge in [-0.15, -0.1) is 0 Å². The number of nitrogens with zero attached hydrogens (tertiary/aromatic N) is 2. The third kappa shape index (κ3) is 4.02. The van der Waals surface area contributed by atoms with E-state index in [1.807, 2.05) is 0 Å². The first-order valence-corrected chi connectivity index (χ1v) is 6.30. The highest BCUT2D eigenvalue weighted by Gasteiger charge is 2.35. The molecule has 1 aromatic heterocycles. The molecule has 2 aromatic rings. The van der Waals surface area contributed by atoms with Gasteiger partial charge in [0.15, 0.2) is 5.84 Å². The number of nitrogens with one attached hydrogen (secondary N) is 1. The number of hydrogen-bond acceptors (Lipinski definition) is 3. The Bertz CT molecular complexity index is 755. The molecule has 2 rings (SSSR count). The Labute approximate surface area is 131 Å². The molecule has 0 saturated heterocycles. The molecule has 0 aliphatic carbocycles. The molecule has 2 N–H and O–H groups in total. The first-order valence-electron chi connectivity index (χ1n) is 6.30. The Morgan fingerprint density at radius 3 is 2.33 bits per heavy atom. The maximum atomic E-state index is 13.0. The van der Waals surface area contributed by atoms with Crippen molar-refractivity contribution >= 4 is 11.5 Å². The fourth-order valence-electron chi connectivity index (χ4n) is 1.86. The van der Waals surface area contributed by atoms with Crippen LogP contribution in [0.4, 0.5) is 32.0 Å². The normalized spacial score (nSPS) is 13.0. The van der Waals surface area contributed by atoms with Crippen molar-refractivity contribution in [1.29, 1.82) is 0 Å².